The van der Waals surface area contributed by atoms with E-state index >= 15 is 0 Å². The fourth-order valence-electron chi connectivity index (χ4n) is 1.38. The predicted molar refractivity (Wildman–Crippen MR) is 76.5 cm³/mol. The quantitative estimate of drug-likeness (QED) is 0.599. The van der Waals surface area contributed by atoms with E-state index in [2.05, 4.69) is 30.6 Å². The number of nitrogens with zero attached hydrogens (tertiary/aromatic N) is 2. The van der Waals surface area contributed by atoms with Crippen LogP contribution in [0.3, 0.4) is 0 Å². The van der Waals surface area contributed by atoms with Crippen LogP contribution in [0.2, 0.25) is 10.2 Å². The molecule has 7 heteroatoms. The molecule has 0 aliphatic carbocycles. The molecule has 0 aliphatic rings. The molecule has 0 saturated carbocycles. The van der Waals surface area contributed by atoms with E-state index in [4.69, 9.17) is 23.2 Å². The second kappa shape index (κ2) is 5.86. The van der Waals surface area contributed by atoms with Crippen molar-refractivity contribution in [3.05, 3.63) is 44.6 Å². The third-order valence-corrected chi connectivity index (χ3v) is 3.83. The molecule has 0 fully saturated rings. The maximum Gasteiger partial charge on any atom is 0.342 e. The molecule has 0 aliphatic heterocycles. The van der Waals surface area contributed by atoms with E-state index in [0.29, 0.717) is 10.8 Å². The molecule has 2 aromatic rings. The van der Waals surface area contributed by atoms with Gasteiger partial charge in [-0.05, 0) is 34.1 Å². The Bertz CT molecular complexity index is 650. The third kappa shape index (κ3) is 3.05. The number of aromatic nitrogens is 2. The summed E-state index contributed by atoms with van der Waals surface area (Å²) in [6.07, 6.45) is 1.33. The van der Waals surface area contributed by atoms with Gasteiger partial charge in [0, 0.05) is 16.2 Å². The fourth-order valence-corrected chi connectivity index (χ4v) is 2.08. The van der Waals surface area contributed by atoms with Crippen molar-refractivity contribution in [1.29, 1.82) is 0 Å². The smallest absolute Gasteiger partial charge is 0.342 e. The average molecular weight is 362 g/mol. The van der Waals surface area contributed by atoms with E-state index < -0.39 is 5.97 Å². The lowest BCUT2D eigenvalue weighted by Gasteiger charge is -2.05. The Morgan fingerprint density at radius 1 is 1.37 bits per heavy atom. The molecule has 1 aromatic carbocycles. The average Bonchev–Trinajstić information content (AvgIpc) is 2.41. The van der Waals surface area contributed by atoms with Crippen LogP contribution in [0, 0.1) is 0 Å². The second-order valence-electron chi connectivity index (χ2n) is 3.52. The molecular weight excluding hydrogens is 355 g/mol. The maximum absolute atomic E-state index is 11.4. The van der Waals surface area contributed by atoms with Crippen molar-refractivity contribution >= 4 is 45.1 Å². The van der Waals surface area contributed by atoms with E-state index in [1.165, 1.54) is 13.3 Å². The molecule has 19 heavy (non-hydrogen) atoms. The Balaban J connectivity index is 2.44. The molecule has 1 heterocycles. The van der Waals surface area contributed by atoms with Crippen LogP contribution in [0.15, 0.2) is 28.9 Å². The summed E-state index contributed by atoms with van der Waals surface area (Å²) in [6.45, 7) is 0. The second-order valence-corrected chi connectivity index (χ2v) is 5.14. The molecule has 0 bridgehead atoms. The van der Waals surface area contributed by atoms with E-state index in [0.717, 1.165) is 10.0 Å². The lowest BCUT2D eigenvalue weighted by molar-refractivity contribution is 0.0600. The van der Waals surface area contributed by atoms with Gasteiger partial charge < -0.3 is 4.74 Å². The van der Waals surface area contributed by atoms with Gasteiger partial charge in [-0.1, -0.05) is 23.2 Å². The summed E-state index contributed by atoms with van der Waals surface area (Å²) < 4.78 is 5.29. The van der Waals surface area contributed by atoms with Gasteiger partial charge in [-0.3, -0.25) is 0 Å². The topological polar surface area (TPSA) is 52.1 Å². The van der Waals surface area contributed by atoms with Crippen LogP contribution in [-0.2, 0) is 4.74 Å². The van der Waals surface area contributed by atoms with Crippen molar-refractivity contribution < 1.29 is 9.53 Å². The molecule has 2 rings (SSSR count). The Labute approximate surface area is 127 Å². The van der Waals surface area contributed by atoms with Gasteiger partial charge in [0.05, 0.1) is 12.1 Å². The number of rotatable bonds is 2. The van der Waals surface area contributed by atoms with E-state index in [1.807, 2.05) is 0 Å². The van der Waals surface area contributed by atoms with Crippen molar-refractivity contribution in [2.75, 3.05) is 7.11 Å². The van der Waals surface area contributed by atoms with Gasteiger partial charge in [0.15, 0.2) is 5.82 Å². The first-order chi connectivity index (χ1) is 9.02. The van der Waals surface area contributed by atoms with Crippen LogP contribution in [0.25, 0.3) is 11.4 Å². The van der Waals surface area contributed by atoms with Crippen molar-refractivity contribution in [3.8, 4) is 11.4 Å². The highest BCUT2D eigenvalue weighted by atomic mass is 79.9. The number of methoxy groups -OCH3 is 1. The number of halogens is 3. The zero-order chi connectivity index (χ0) is 14.0. The summed E-state index contributed by atoms with van der Waals surface area (Å²) in [5, 5.41) is 0.629. The molecule has 0 atom stereocenters. The minimum atomic E-state index is -0.575. The standard InChI is InChI=1S/C12H7BrCl2N2O2/c1-19-12(18)7-5-16-11(17-10(7)15)6-2-3-9(14)8(13)4-6/h2-5H,1H3. The van der Waals surface area contributed by atoms with Crippen molar-refractivity contribution in [2.45, 2.75) is 0 Å². The molecule has 0 unspecified atom stereocenters. The molecule has 0 saturated heterocycles. The molecule has 1 aromatic heterocycles. The summed E-state index contributed by atoms with van der Waals surface area (Å²) in [5.41, 5.74) is 0.857. The zero-order valence-electron chi connectivity index (χ0n) is 9.65. The zero-order valence-corrected chi connectivity index (χ0v) is 12.8. The number of hydrogen-bond acceptors (Lipinski definition) is 4. The Kier molecular flexibility index (Phi) is 4.39. The largest absolute Gasteiger partial charge is 0.465 e. The van der Waals surface area contributed by atoms with Gasteiger partial charge in [-0.15, -0.1) is 0 Å². The lowest BCUT2D eigenvalue weighted by Crippen LogP contribution is -2.05. The van der Waals surface area contributed by atoms with Gasteiger partial charge in [0.1, 0.15) is 10.7 Å². The lowest BCUT2D eigenvalue weighted by atomic mass is 10.2. The molecule has 0 radical (unpaired) electrons. The number of esters is 1. The SMILES string of the molecule is COC(=O)c1cnc(-c2ccc(Cl)c(Br)c2)nc1Cl. The minimum absolute atomic E-state index is 0.0444. The maximum atomic E-state index is 11.4. The summed E-state index contributed by atoms with van der Waals surface area (Å²) in [4.78, 5) is 19.5. The first kappa shape index (κ1) is 14.2. The third-order valence-electron chi connectivity index (χ3n) is 2.33. The summed E-state index contributed by atoms with van der Waals surface area (Å²) in [7, 11) is 1.27. The Morgan fingerprint density at radius 2 is 2.11 bits per heavy atom. The first-order valence-electron chi connectivity index (χ1n) is 5.09. The minimum Gasteiger partial charge on any atom is -0.465 e. The van der Waals surface area contributed by atoms with Crippen molar-refractivity contribution in [1.82, 2.24) is 9.97 Å². The molecule has 0 spiro atoms. The van der Waals surface area contributed by atoms with Crippen LogP contribution in [0.5, 0.6) is 0 Å². The molecule has 0 amide bonds. The van der Waals surface area contributed by atoms with Gasteiger partial charge >= 0.3 is 5.97 Å². The summed E-state index contributed by atoms with van der Waals surface area (Å²) in [5.74, 6) is -0.177. The molecule has 0 N–H and O–H groups in total. The van der Waals surface area contributed by atoms with Crippen LogP contribution in [0.4, 0.5) is 0 Å². The molecular formula is C12H7BrCl2N2O2. The Hall–Kier alpha value is -1.17. The highest BCUT2D eigenvalue weighted by Crippen LogP contribution is 2.28. The van der Waals surface area contributed by atoms with Crippen molar-refractivity contribution in [3.63, 3.8) is 0 Å². The number of benzene rings is 1. The predicted octanol–water partition coefficient (Wildman–Crippen LogP) is 4.00. The fraction of sp³-hybridized carbons (Fsp3) is 0.0833. The van der Waals surface area contributed by atoms with Gasteiger partial charge in [0.2, 0.25) is 0 Å². The normalized spacial score (nSPS) is 10.3. The number of hydrogen-bond donors (Lipinski definition) is 0. The van der Waals surface area contributed by atoms with E-state index in [1.54, 1.807) is 18.2 Å². The van der Waals surface area contributed by atoms with E-state index in [9.17, 15) is 4.79 Å². The highest BCUT2D eigenvalue weighted by molar-refractivity contribution is 9.10. The van der Waals surface area contributed by atoms with Crippen molar-refractivity contribution in [2.24, 2.45) is 0 Å². The van der Waals surface area contributed by atoms with Gasteiger partial charge in [-0.2, -0.15) is 0 Å². The van der Waals surface area contributed by atoms with Gasteiger partial charge in [-0.25, -0.2) is 14.8 Å². The summed E-state index contributed by atoms with van der Waals surface area (Å²) in [6, 6.07) is 5.24. The number of ether oxygens (including phenoxy) is 1. The number of carbonyl (C=O) groups excluding carboxylic acids is 1. The Morgan fingerprint density at radius 3 is 2.68 bits per heavy atom. The van der Waals surface area contributed by atoms with Crippen LogP contribution in [0.1, 0.15) is 10.4 Å². The van der Waals surface area contributed by atoms with Gasteiger partial charge in [0.25, 0.3) is 0 Å². The monoisotopic (exact) mass is 360 g/mol. The summed E-state index contributed by atoms with van der Waals surface area (Å²) >= 11 is 15.2. The molecule has 98 valence electrons. The molecule has 4 nitrogen and oxygen atoms in total. The van der Waals surface area contributed by atoms with Crippen LogP contribution >= 0.6 is 39.1 Å². The highest BCUT2D eigenvalue weighted by Gasteiger charge is 2.14. The number of carbonyl (C=O) groups is 1. The first-order valence-corrected chi connectivity index (χ1v) is 6.64. The van der Waals surface area contributed by atoms with Crippen LogP contribution < -0.4 is 0 Å². The van der Waals surface area contributed by atoms with E-state index in [-0.39, 0.29) is 10.7 Å². The van der Waals surface area contributed by atoms with Crippen LogP contribution in [-0.4, -0.2) is 23.0 Å².